The van der Waals surface area contributed by atoms with E-state index in [4.69, 9.17) is 4.98 Å². The number of amides is 1. The summed E-state index contributed by atoms with van der Waals surface area (Å²) in [6.07, 6.45) is 2.52. The highest BCUT2D eigenvalue weighted by molar-refractivity contribution is 7.23. The maximum atomic E-state index is 12.8. The van der Waals surface area contributed by atoms with Crippen LogP contribution in [0.4, 0.5) is 5.00 Å². The second-order valence-corrected chi connectivity index (χ2v) is 11.0. The predicted molar refractivity (Wildman–Crippen MR) is 138 cm³/mol. The van der Waals surface area contributed by atoms with E-state index in [-0.39, 0.29) is 5.91 Å². The average molecular weight is 471 g/mol. The third-order valence-corrected chi connectivity index (χ3v) is 8.79. The molecule has 172 valence electrons. The Bertz CT molecular complexity index is 1050. The zero-order valence-corrected chi connectivity index (χ0v) is 21.3. The molecule has 2 N–H and O–H groups in total. The zero-order chi connectivity index (χ0) is 22.8. The molecule has 3 aromatic rings. The number of thiazole rings is 1. The molecule has 0 radical (unpaired) electrons. The summed E-state index contributed by atoms with van der Waals surface area (Å²) in [5.41, 5.74) is 3.53. The van der Waals surface area contributed by atoms with Gasteiger partial charge in [0, 0.05) is 48.1 Å². The van der Waals surface area contributed by atoms with E-state index in [1.165, 1.54) is 15.1 Å². The molecule has 32 heavy (non-hydrogen) atoms. The van der Waals surface area contributed by atoms with E-state index in [1.54, 1.807) is 22.7 Å². The number of para-hydroxylation sites is 1. The number of thiophene rings is 1. The summed E-state index contributed by atoms with van der Waals surface area (Å²) in [7, 11) is 0. The molecule has 1 aliphatic rings. The minimum absolute atomic E-state index is 0.0649. The smallest absolute Gasteiger partial charge is 0.226 e. The maximum Gasteiger partial charge on any atom is 0.226 e. The highest BCUT2D eigenvalue weighted by atomic mass is 32.1. The van der Waals surface area contributed by atoms with Gasteiger partial charge in [-0.25, -0.2) is 4.98 Å². The van der Waals surface area contributed by atoms with Gasteiger partial charge in [-0.05, 0) is 58.2 Å². The molecule has 0 spiro atoms. The maximum absolute atomic E-state index is 12.8. The number of carbonyl (C=O) groups excluding carboxylic acids is 1. The summed E-state index contributed by atoms with van der Waals surface area (Å²) in [5, 5.41) is 8.64. The highest BCUT2D eigenvalue weighted by Crippen LogP contribution is 2.48. The summed E-state index contributed by atoms with van der Waals surface area (Å²) >= 11 is 3.46. The van der Waals surface area contributed by atoms with Crippen molar-refractivity contribution in [2.75, 3.05) is 18.4 Å². The van der Waals surface area contributed by atoms with Gasteiger partial charge in [-0.2, -0.15) is 0 Å². The summed E-state index contributed by atoms with van der Waals surface area (Å²) in [6.45, 7) is 12.8. The Hall–Kier alpha value is -1.80. The molecule has 1 aromatic carbocycles. The number of nitrogens with one attached hydrogen (secondary N) is 2. The van der Waals surface area contributed by atoms with Crippen molar-refractivity contribution in [1.29, 1.82) is 0 Å². The largest absolute Gasteiger partial charge is 0.317 e. The van der Waals surface area contributed by atoms with Crippen LogP contribution in [0.3, 0.4) is 0 Å². The van der Waals surface area contributed by atoms with Crippen molar-refractivity contribution in [2.45, 2.75) is 72.0 Å². The van der Waals surface area contributed by atoms with Crippen molar-refractivity contribution in [3.63, 3.8) is 0 Å². The molecule has 2 aromatic heterocycles. The van der Waals surface area contributed by atoms with Crippen molar-refractivity contribution < 1.29 is 4.79 Å². The molecule has 0 saturated heterocycles. The molecule has 0 aliphatic carbocycles. The average Bonchev–Trinajstić information content (AvgIpc) is 3.34. The summed E-state index contributed by atoms with van der Waals surface area (Å²) in [4.78, 5) is 21.7. The topological polar surface area (TPSA) is 57.3 Å². The fraction of sp³-hybridized carbons (Fsp3) is 0.520. The van der Waals surface area contributed by atoms with E-state index in [1.807, 2.05) is 6.07 Å². The second-order valence-electron chi connectivity index (χ2n) is 8.95. The van der Waals surface area contributed by atoms with Gasteiger partial charge in [0.1, 0.15) is 10.0 Å². The van der Waals surface area contributed by atoms with Gasteiger partial charge in [-0.3, -0.25) is 9.69 Å². The van der Waals surface area contributed by atoms with E-state index in [0.717, 1.165) is 40.5 Å². The molecule has 2 atom stereocenters. The minimum atomic E-state index is 0.0649. The van der Waals surface area contributed by atoms with Gasteiger partial charge in [-0.15, -0.1) is 22.7 Å². The van der Waals surface area contributed by atoms with Crippen molar-refractivity contribution in [1.82, 2.24) is 15.2 Å². The summed E-state index contributed by atoms with van der Waals surface area (Å²) in [5.74, 6) is 0.0649. The van der Waals surface area contributed by atoms with Crippen LogP contribution in [0.25, 0.3) is 20.8 Å². The van der Waals surface area contributed by atoms with Crippen LogP contribution in [0, 0.1) is 0 Å². The van der Waals surface area contributed by atoms with Gasteiger partial charge >= 0.3 is 0 Å². The van der Waals surface area contributed by atoms with E-state index in [0.29, 0.717) is 31.1 Å². The minimum Gasteiger partial charge on any atom is -0.317 e. The number of nitrogens with zero attached hydrogens (tertiary/aromatic N) is 2. The first kappa shape index (κ1) is 23.4. The molecular formula is C25H34N4OS2. The molecule has 2 unspecified atom stereocenters. The quantitative estimate of drug-likeness (QED) is 0.420. The second kappa shape index (κ2) is 10.00. The molecule has 1 amide bonds. The van der Waals surface area contributed by atoms with Gasteiger partial charge in [0.05, 0.1) is 10.2 Å². The third-order valence-electron chi connectivity index (χ3n) is 6.42. The Morgan fingerprint density at radius 3 is 2.75 bits per heavy atom. The molecular weight excluding hydrogens is 436 g/mol. The molecule has 0 saturated carbocycles. The first-order valence-electron chi connectivity index (χ1n) is 11.7. The molecule has 3 heterocycles. The summed E-state index contributed by atoms with van der Waals surface area (Å²) in [6, 6.07) is 9.55. The van der Waals surface area contributed by atoms with E-state index >= 15 is 0 Å². The van der Waals surface area contributed by atoms with Gasteiger partial charge < -0.3 is 10.6 Å². The van der Waals surface area contributed by atoms with Crippen LogP contribution in [0.1, 0.15) is 63.9 Å². The van der Waals surface area contributed by atoms with E-state index < -0.39 is 0 Å². The predicted octanol–water partition coefficient (Wildman–Crippen LogP) is 6.07. The number of hydrogen-bond donors (Lipinski definition) is 2. The first-order chi connectivity index (χ1) is 15.4. The van der Waals surface area contributed by atoms with Crippen LogP contribution in [0.15, 0.2) is 24.3 Å². The standard InChI is InChI=1S/C25H34N4OS2/c1-6-16(4)26-13-11-21(30)28-25-22(24-27-19-9-7-8-10-20(19)31-24)18-12-14-29(15(2)3)17(5)23(18)32-25/h7-10,15-17,26H,6,11-14H2,1-5H3,(H,28,30). The fourth-order valence-corrected chi connectivity index (χ4v) is 6.87. The number of benzene rings is 1. The molecule has 1 aliphatic heterocycles. The van der Waals surface area contributed by atoms with Gasteiger partial charge in [-0.1, -0.05) is 19.1 Å². The molecule has 4 rings (SSSR count). The van der Waals surface area contributed by atoms with Crippen LogP contribution >= 0.6 is 22.7 Å². The highest BCUT2D eigenvalue weighted by Gasteiger charge is 2.32. The van der Waals surface area contributed by atoms with Crippen LogP contribution in [-0.2, 0) is 11.2 Å². The summed E-state index contributed by atoms with van der Waals surface area (Å²) < 4.78 is 1.19. The number of aromatic nitrogens is 1. The number of rotatable bonds is 8. The van der Waals surface area contributed by atoms with Crippen LogP contribution in [0.5, 0.6) is 0 Å². The Morgan fingerprint density at radius 2 is 2.03 bits per heavy atom. The van der Waals surface area contributed by atoms with Crippen LogP contribution < -0.4 is 10.6 Å². The number of hydrogen-bond acceptors (Lipinski definition) is 6. The number of anilines is 1. The van der Waals surface area contributed by atoms with E-state index in [2.05, 4.69) is 68.4 Å². The normalized spacial score (nSPS) is 17.6. The zero-order valence-electron chi connectivity index (χ0n) is 19.7. The van der Waals surface area contributed by atoms with Gasteiger partial charge in [0.25, 0.3) is 0 Å². The van der Waals surface area contributed by atoms with Gasteiger partial charge in [0.2, 0.25) is 5.91 Å². The Kier molecular flexibility index (Phi) is 7.30. The third kappa shape index (κ3) is 4.76. The molecule has 7 heteroatoms. The van der Waals surface area contributed by atoms with Crippen LogP contribution in [0.2, 0.25) is 0 Å². The fourth-order valence-electron chi connectivity index (χ4n) is 4.42. The SMILES string of the molecule is CCC(C)NCCC(=O)Nc1sc2c(c1-c1nc3ccccc3s1)CCN(C(C)C)C2C. The Balaban J connectivity index is 1.67. The lowest BCUT2D eigenvalue weighted by atomic mass is 9.97. The van der Waals surface area contributed by atoms with Crippen molar-refractivity contribution in [3.05, 3.63) is 34.7 Å². The van der Waals surface area contributed by atoms with Crippen molar-refractivity contribution in [2.24, 2.45) is 0 Å². The van der Waals surface area contributed by atoms with Crippen LogP contribution in [-0.4, -0.2) is 41.0 Å². The monoisotopic (exact) mass is 470 g/mol. The lowest BCUT2D eigenvalue weighted by molar-refractivity contribution is -0.116. The van der Waals surface area contributed by atoms with Gasteiger partial charge in [0.15, 0.2) is 0 Å². The molecule has 0 bridgehead atoms. The Morgan fingerprint density at radius 1 is 1.25 bits per heavy atom. The van der Waals surface area contributed by atoms with Crippen molar-refractivity contribution >= 4 is 43.8 Å². The first-order valence-corrected chi connectivity index (χ1v) is 13.3. The lowest BCUT2D eigenvalue weighted by Crippen LogP contribution is -2.38. The number of carbonyl (C=O) groups is 1. The number of fused-ring (bicyclic) bond motifs is 2. The molecule has 5 nitrogen and oxygen atoms in total. The van der Waals surface area contributed by atoms with Crippen molar-refractivity contribution in [3.8, 4) is 10.6 Å². The molecule has 0 fully saturated rings. The Labute approximate surface area is 199 Å². The van der Waals surface area contributed by atoms with E-state index in [9.17, 15) is 4.79 Å². The lowest BCUT2D eigenvalue weighted by Gasteiger charge is -2.36.